The molecule has 7 aromatic carbocycles. The molecule has 0 saturated heterocycles. The van der Waals surface area contributed by atoms with Crippen molar-refractivity contribution in [2.75, 3.05) is 23.0 Å². The minimum absolute atomic E-state index is 0.0176. The predicted octanol–water partition coefficient (Wildman–Crippen LogP) is 12.0. The van der Waals surface area contributed by atoms with Crippen LogP contribution in [0, 0.1) is 6.92 Å². The van der Waals surface area contributed by atoms with Gasteiger partial charge in [-0.2, -0.15) is 0 Å². The van der Waals surface area contributed by atoms with Crippen LogP contribution in [0.2, 0.25) is 0 Å². The number of rotatable bonds is 4. The Balaban J connectivity index is 1.10. The van der Waals surface area contributed by atoms with E-state index in [0.29, 0.717) is 13.2 Å². The summed E-state index contributed by atoms with van der Waals surface area (Å²) in [6, 6.07) is 54.3. The maximum atomic E-state index is 6.61. The first-order valence-corrected chi connectivity index (χ1v) is 20.8. The lowest BCUT2D eigenvalue weighted by atomic mass is 9.33. The predicted molar refractivity (Wildman–Crippen MR) is 245 cm³/mol. The van der Waals surface area contributed by atoms with Crippen LogP contribution in [0.15, 0.2) is 160 Å². The number of hydrogen-bond acceptors (Lipinski definition) is 6. The van der Waals surface area contributed by atoms with Crippen LogP contribution >= 0.6 is 0 Å². The smallest absolute Gasteiger partial charge is 0.252 e. The third kappa shape index (κ3) is 5.35. The normalized spacial score (nSPS) is 14.0. The van der Waals surface area contributed by atoms with Crippen molar-refractivity contribution < 1.29 is 18.3 Å². The molecule has 60 heavy (non-hydrogen) atoms. The van der Waals surface area contributed by atoms with Crippen LogP contribution in [0.25, 0.3) is 44.6 Å². The molecule has 0 aliphatic carbocycles. The van der Waals surface area contributed by atoms with Gasteiger partial charge in [0, 0.05) is 50.3 Å². The molecule has 0 saturated carbocycles. The Morgan fingerprint density at radius 2 is 1.13 bits per heavy atom. The lowest BCUT2D eigenvalue weighted by Gasteiger charge is -2.45. The van der Waals surface area contributed by atoms with Gasteiger partial charge >= 0.3 is 0 Å². The summed E-state index contributed by atoms with van der Waals surface area (Å²) in [5.74, 6) is 3.25. The number of anilines is 6. The molecule has 0 radical (unpaired) electrons. The third-order valence-corrected chi connectivity index (χ3v) is 12.4. The summed E-state index contributed by atoms with van der Waals surface area (Å²) in [4.78, 5) is 4.85. The first kappa shape index (κ1) is 34.9. The van der Waals surface area contributed by atoms with Crippen molar-refractivity contribution in [3.8, 4) is 34.1 Å². The average molecular weight is 781 g/mol. The van der Waals surface area contributed by atoms with Crippen LogP contribution in [0.4, 0.5) is 34.1 Å². The van der Waals surface area contributed by atoms with E-state index in [1.807, 2.05) is 30.3 Å². The van der Waals surface area contributed by atoms with Crippen LogP contribution < -0.4 is 35.7 Å². The van der Waals surface area contributed by atoms with Gasteiger partial charge in [-0.3, -0.25) is 0 Å². The summed E-state index contributed by atoms with van der Waals surface area (Å²) in [5, 5.41) is 2.18. The Hall–Kier alpha value is -7.12. The zero-order valence-corrected chi connectivity index (χ0v) is 34.0. The van der Waals surface area contributed by atoms with Crippen LogP contribution in [0.5, 0.6) is 11.5 Å². The molecule has 0 atom stereocenters. The van der Waals surface area contributed by atoms with Gasteiger partial charge in [0.25, 0.3) is 6.71 Å². The van der Waals surface area contributed by atoms with E-state index in [1.54, 1.807) is 0 Å². The van der Waals surface area contributed by atoms with E-state index in [0.717, 1.165) is 95.8 Å². The van der Waals surface area contributed by atoms with Crippen LogP contribution in [0.3, 0.4) is 0 Å². The van der Waals surface area contributed by atoms with Crippen molar-refractivity contribution in [3.05, 3.63) is 163 Å². The Kier molecular flexibility index (Phi) is 7.52. The number of fused-ring (bicyclic) bond motifs is 8. The highest BCUT2D eigenvalue weighted by Gasteiger charge is 2.45. The van der Waals surface area contributed by atoms with Crippen molar-refractivity contribution in [1.29, 1.82) is 0 Å². The Morgan fingerprint density at radius 3 is 1.82 bits per heavy atom. The van der Waals surface area contributed by atoms with Crippen molar-refractivity contribution in [2.24, 2.45) is 0 Å². The van der Waals surface area contributed by atoms with E-state index in [4.69, 9.17) is 18.3 Å². The van der Waals surface area contributed by atoms with E-state index in [9.17, 15) is 0 Å². The molecule has 7 heteroatoms. The average Bonchev–Trinajstić information content (AvgIpc) is 3.91. The molecule has 5 heterocycles. The Morgan fingerprint density at radius 1 is 0.533 bits per heavy atom. The first-order chi connectivity index (χ1) is 29.3. The topological polar surface area (TPSA) is 51.2 Å². The van der Waals surface area contributed by atoms with Crippen molar-refractivity contribution in [2.45, 2.75) is 33.1 Å². The van der Waals surface area contributed by atoms with E-state index < -0.39 is 0 Å². The molecule has 290 valence electrons. The molecule has 0 N–H and O–H groups in total. The molecule has 0 amide bonds. The van der Waals surface area contributed by atoms with Gasteiger partial charge in [0.2, 0.25) is 0 Å². The maximum absolute atomic E-state index is 6.61. The van der Waals surface area contributed by atoms with Gasteiger partial charge in [0.1, 0.15) is 35.9 Å². The second kappa shape index (κ2) is 12.9. The number of benzene rings is 7. The number of hydrogen-bond donors (Lipinski definition) is 0. The molecule has 9 aromatic rings. The molecule has 6 nitrogen and oxygen atoms in total. The SMILES string of the molecule is Cc1cc2c3c(c1)N(c1ccc(C(C)(C)C)cc1)c1c(ccc4c1OCCO4)B3c1cc(-c3cc4ccccc4o3)ccc1N2c1ccc(-c2cc3ccccc3o2)cc1. The maximum Gasteiger partial charge on any atom is 0.252 e. The molecular weight excluding hydrogens is 739 g/mol. The number of aryl methyl sites for hydroxylation is 1. The van der Waals surface area contributed by atoms with Gasteiger partial charge in [-0.15, -0.1) is 0 Å². The molecule has 0 fully saturated rings. The van der Waals surface area contributed by atoms with Crippen LogP contribution in [0.1, 0.15) is 31.9 Å². The molecule has 2 aromatic heterocycles. The minimum atomic E-state index is -0.114. The summed E-state index contributed by atoms with van der Waals surface area (Å²) in [5.41, 5.74) is 16.4. The highest BCUT2D eigenvalue weighted by atomic mass is 16.6. The summed E-state index contributed by atoms with van der Waals surface area (Å²) in [6.45, 7) is 9.87. The zero-order chi connectivity index (χ0) is 40.3. The Bertz CT molecular complexity index is 3110. The quantitative estimate of drug-likeness (QED) is 0.166. The van der Waals surface area contributed by atoms with Gasteiger partial charge in [-0.1, -0.05) is 81.4 Å². The fourth-order valence-corrected chi connectivity index (χ4v) is 9.56. The molecule has 0 unspecified atom stereocenters. The van der Waals surface area contributed by atoms with Gasteiger partial charge in [0.05, 0.1) is 5.69 Å². The Labute approximate surface area is 349 Å². The van der Waals surface area contributed by atoms with Crippen molar-refractivity contribution in [3.63, 3.8) is 0 Å². The highest BCUT2D eigenvalue weighted by Crippen LogP contribution is 2.50. The highest BCUT2D eigenvalue weighted by molar-refractivity contribution is 7.00. The number of nitrogens with zero attached hydrogens (tertiary/aromatic N) is 2. The van der Waals surface area contributed by atoms with E-state index in [2.05, 4.69) is 159 Å². The molecule has 3 aliphatic heterocycles. The zero-order valence-electron chi connectivity index (χ0n) is 34.0. The first-order valence-electron chi connectivity index (χ1n) is 20.8. The number of para-hydroxylation sites is 2. The van der Waals surface area contributed by atoms with E-state index >= 15 is 0 Å². The molecule has 12 rings (SSSR count). The summed E-state index contributed by atoms with van der Waals surface area (Å²) >= 11 is 0. The fourth-order valence-electron chi connectivity index (χ4n) is 9.56. The number of furan rings is 2. The second-order valence-electron chi connectivity index (χ2n) is 17.3. The lowest BCUT2D eigenvalue weighted by Crippen LogP contribution is -2.61. The molecular formula is C53H41BN2O4. The fraction of sp³-hybridized carbons (Fsp3) is 0.132. The molecule has 0 spiro atoms. The van der Waals surface area contributed by atoms with Crippen LogP contribution in [-0.4, -0.2) is 19.9 Å². The minimum Gasteiger partial charge on any atom is -0.486 e. The van der Waals surface area contributed by atoms with E-state index in [1.165, 1.54) is 22.0 Å². The van der Waals surface area contributed by atoms with Crippen LogP contribution in [-0.2, 0) is 5.41 Å². The lowest BCUT2D eigenvalue weighted by molar-refractivity contribution is 0.172. The van der Waals surface area contributed by atoms with Gasteiger partial charge in [-0.05, 0) is 131 Å². The van der Waals surface area contributed by atoms with Crippen molar-refractivity contribution in [1.82, 2.24) is 0 Å². The summed E-state index contributed by atoms with van der Waals surface area (Å²) < 4.78 is 25.7. The van der Waals surface area contributed by atoms with Crippen molar-refractivity contribution >= 4 is 79.2 Å². The second-order valence-corrected chi connectivity index (χ2v) is 17.3. The van der Waals surface area contributed by atoms with Gasteiger partial charge in [-0.25, -0.2) is 0 Å². The number of ether oxygens (including phenoxy) is 2. The molecule has 3 aliphatic rings. The largest absolute Gasteiger partial charge is 0.486 e. The third-order valence-electron chi connectivity index (χ3n) is 12.4. The summed E-state index contributed by atoms with van der Waals surface area (Å²) in [6.07, 6.45) is 0. The van der Waals surface area contributed by atoms with Gasteiger partial charge in [0.15, 0.2) is 11.5 Å². The van der Waals surface area contributed by atoms with Gasteiger partial charge < -0.3 is 28.1 Å². The standard InChI is InChI=1S/C53H41BN2O4/c1-32-27-43-50-44(28-32)56(39-20-16-37(17-21-39)53(2,3)4)51-40(22-24-47-52(51)58-26-25-57-47)54(50)41-29-36(49-31-35-10-6-8-12-46(35)60-49)15-23-42(41)55(43)38-18-13-33(14-19-38)48-30-34-9-5-7-11-45(34)59-48/h5-24,27-31H,25-26H2,1-4H3. The molecule has 0 bridgehead atoms. The summed E-state index contributed by atoms with van der Waals surface area (Å²) in [7, 11) is 0. The van der Waals surface area contributed by atoms with E-state index in [-0.39, 0.29) is 12.1 Å². The monoisotopic (exact) mass is 780 g/mol.